The highest BCUT2D eigenvalue weighted by molar-refractivity contribution is 6.04. The standard InChI is InChI=1S/C17H20FNO2/c1-15(2)16(3)8-9-17(15,10-13(16)20)14(21)19-12-6-4-11(18)5-7-12/h4-7H,8-10H2,1-3H3,(H,19,21)/t16-,17+/m0/s1. The predicted octanol–water partition coefficient (Wildman–Crippen LogP) is 3.55. The number of nitrogens with one attached hydrogen (secondary N) is 1. The monoisotopic (exact) mass is 289 g/mol. The topological polar surface area (TPSA) is 46.2 Å². The van der Waals surface area contributed by atoms with E-state index in [4.69, 9.17) is 0 Å². The van der Waals surface area contributed by atoms with Gasteiger partial charge in [-0.2, -0.15) is 0 Å². The van der Waals surface area contributed by atoms with E-state index < -0.39 is 10.8 Å². The SMILES string of the molecule is CC1(C)[C@]2(C(=O)Nc3ccc(F)cc3)CC[C@@]1(C)C(=O)C2. The van der Waals surface area contributed by atoms with Crippen LogP contribution in [0, 0.1) is 22.1 Å². The van der Waals surface area contributed by atoms with Gasteiger partial charge in [0.05, 0.1) is 5.41 Å². The molecule has 0 unspecified atom stereocenters. The zero-order valence-corrected chi connectivity index (χ0v) is 12.6. The Morgan fingerprint density at radius 2 is 1.76 bits per heavy atom. The molecule has 0 aromatic heterocycles. The molecule has 2 aliphatic rings. The fraction of sp³-hybridized carbons (Fsp3) is 0.529. The minimum atomic E-state index is -0.646. The van der Waals surface area contributed by atoms with Gasteiger partial charge in [0.25, 0.3) is 0 Å². The van der Waals surface area contributed by atoms with E-state index in [1.165, 1.54) is 12.1 Å². The third kappa shape index (κ3) is 1.65. The van der Waals surface area contributed by atoms with Crippen LogP contribution in [0.4, 0.5) is 10.1 Å². The van der Waals surface area contributed by atoms with Crippen molar-refractivity contribution in [1.82, 2.24) is 0 Å². The van der Waals surface area contributed by atoms with E-state index in [1.807, 2.05) is 20.8 Å². The van der Waals surface area contributed by atoms with Crippen molar-refractivity contribution in [2.75, 3.05) is 5.32 Å². The smallest absolute Gasteiger partial charge is 0.231 e. The van der Waals surface area contributed by atoms with Crippen LogP contribution < -0.4 is 5.32 Å². The molecule has 2 fully saturated rings. The third-order valence-electron chi connectivity index (χ3n) is 6.24. The van der Waals surface area contributed by atoms with Crippen LogP contribution in [0.15, 0.2) is 24.3 Å². The average molecular weight is 289 g/mol. The molecule has 2 atom stereocenters. The molecule has 0 heterocycles. The van der Waals surface area contributed by atoms with Crippen LogP contribution in [0.1, 0.15) is 40.0 Å². The number of hydrogen-bond donors (Lipinski definition) is 1. The van der Waals surface area contributed by atoms with Crippen molar-refractivity contribution >= 4 is 17.4 Å². The number of carbonyl (C=O) groups is 2. The maximum absolute atomic E-state index is 12.9. The van der Waals surface area contributed by atoms with Gasteiger partial charge < -0.3 is 5.32 Å². The summed E-state index contributed by atoms with van der Waals surface area (Å²) < 4.78 is 12.9. The Morgan fingerprint density at radius 3 is 2.24 bits per heavy atom. The molecule has 1 amide bonds. The summed E-state index contributed by atoms with van der Waals surface area (Å²) in [6.45, 7) is 6.03. The molecule has 1 N–H and O–H groups in total. The first-order valence-corrected chi connectivity index (χ1v) is 7.33. The van der Waals surface area contributed by atoms with E-state index in [-0.39, 0.29) is 22.9 Å². The van der Waals surface area contributed by atoms with Crippen LogP contribution in [0.5, 0.6) is 0 Å². The zero-order valence-electron chi connectivity index (χ0n) is 12.6. The lowest BCUT2D eigenvalue weighted by Crippen LogP contribution is -2.43. The van der Waals surface area contributed by atoms with Gasteiger partial charge in [0, 0.05) is 17.5 Å². The van der Waals surface area contributed by atoms with Crippen LogP contribution in [0.25, 0.3) is 0 Å². The van der Waals surface area contributed by atoms with Crippen molar-refractivity contribution in [1.29, 1.82) is 0 Å². The molecule has 0 radical (unpaired) electrons. The minimum absolute atomic E-state index is 0.117. The van der Waals surface area contributed by atoms with Crippen molar-refractivity contribution in [2.24, 2.45) is 16.2 Å². The normalized spacial score (nSPS) is 33.2. The largest absolute Gasteiger partial charge is 0.326 e. The van der Waals surface area contributed by atoms with Crippen molar-refractivity contribution in [3.63, 3.8) is 0 Å². The Labute approximate surface area is 123 Å². The first kappa shape index (κ1) is 14.2. The van der Waals surface area contributed by atoms with Gasteiger partial charge in [-0.15, -0.1) is 0 Å². The molecule has 0 aliphatic heterocycles. The number of benzene rings is 1. The van der Waals surface area contributed by atoms with Gasteiger partial charge in [-0.3, -0.25) is 9.59 Å². The van der Waals surface area contributed by atoms with Crippen LogP contribution >= 0.6 is 0 Å². The summed E-state index contributed by atoms with van der Waals surface area (Å²) in [5.41, 5.74) is -0.846. The van der Waals surface area contributed by atoms with Crippen molar-refractivity contribution in [3.05, 3.63) is 30.1 Å². The fourth-order valence-corrected chi connectivity index (χ4v) is 4.14. The van der Waals surface area contributed by atoms with Crippen molar-refractivity contribution in [3.8, 4) is 0 Å². The predicted molar refractivity (Wildman–Crippen MR) is 78.2 cm³/mol. The molecular formula is C17H20FNO2. The average Bonchev–Trinajstić information content (AvgIpc) is 2.72. The summed E-state index contributed by atoms with van der Waals surface area (Å²) in [6.07, 6.45) is 1.80. The second-order valence-electron chi connectivity index (χ2n) is 7.10. The van der Waals surface area contributed by atoms with E-state index in [0.717, 1.165) is 12.8 Å². The maximum Gasteiger partial charge on any atom is 0.231 e. The number of fused-ring (bicyclic) bond motifs is 2. The molecule has 112 valence electrons. The molecule has 2 aliphatic carbocycles. The number of ketones is 1. The maximum atomic E-state index is 12.9. The summed E-state index contributed by atoms with van der Waals surface area (Å²) in [6, 6.07) is 5.72. The van der Waals surface area contributed by atoms with Crippen LogP contribution in [-0.4, -0.2) is 11.7 Å². The van der Waals surface area contributed by atoms with Gasteiger partial charge in [0.15, 0.2) is 0 Å². The number of carbonyl (C=O) groups excluding carboxylic acids is 2. The highest BCUT2D eigenvalue weighted by Gasteiger charge is 2.72. The molecule has 1 aromatic carbocycles. The van der Waals surface area contributed by atoms with Crippen LogP contribution in [-0.2, 0) is 9.59 Å². The quantitative estimate of drug-likeness (QED) is 0.905. The van der Waals surface area contributed by atoms with Gasteiger partial charge in [-0.1, -0.05) is 20.8 Å². The number of anilines is 1. The lowest BCUT2D eigenvalue weighted by atomic mass is 9.64. The molecule has 1 aromatic rings. The van der Waals surface area contributed by atoms with Crippen molar-refractivity contribution in [2.45, 2.75) is 40.0 Å². The van der Waals surface area contributed by atoms with Gasteiger partial charge in [0.1, 0.15) is 11.6 Å². The summed E-state index contributed by atoms with van der Waals surface area (Å²) in [7, 11) is 0. The lowest BCUT2D eigenvalue weighted by molar-refractivity contribution is -0.131. The van der Waals surface area contributed by atoms with E-state index in [1.54, 1.807) is 12.1 Å². The van der Waals surface area contributed by atoms with Crippen LogP contribution in [0.2, 0.25) is 0 Å². The number of Topliss-reactive ketones (excluding diaryl/α,β-unsaturated/α-hetero) is 1. The van der Waals surface area contributed by atoms with Gasteiger partial charge in [-0.05, 0) is 42.5 Å². The number of amides is 1. The Kier molecular flexibility index (Phi) is 2.81. The molecule has 21 heavy (non-hydrogen) atoms. The van der Waals surface area contributed by atoms with Gasteiger partial charge in [-0.25, -0.2) is 4.39 Å². The Bertz CT molecular complexity index is 622. The minimum Gasteiger partial charge on any atom is -0.326 e. The van der Waals surface area contributed by atoms with E-state index in [0.29, 0.717) is 12.1 Å². The molecule has 4 heteroatoms. The molecule has 0 saturated heterocycles. The lowest BCUT2D eigenvalue weighted by Gasteiger charge is -2.38. The number of halogens is 1. The summed E-state index contributed by atoms with van der Waals surface area (Å²) in [5.74, 6) is -0.266. The molecule has 2 saturated carbocycles. The Hall–Kier alpha value is -1.71. The van der Waals surface area contributed by atoms with E-state index in [9.17, 15) is 14.0 Å². The Morgan fingerprint density at radius 1 is 1.14 bits per heavy atom. The van der Waals surface area contributed by atoms with E-state index in [2.05, 4.69) is 5.32 Å². The van der Waals surface area contributed by atoms with Crippen LogP contribution in [0.3, 0.4) is 0 Å². The van der Waals surface area contributed by atoms with Gasteiger partial charge in [0.2, 0.25) is 5.91 Å². The first-order valence-electron chi connectivity index (χ1n) is 7.33. The number of rotatable bonds is 2. The molecule has 3 nitrogen and oxygen atoms in total. The zero-order chi connectivity index (χ0) is 15.5. The fourth-order valence-electron chi connectivity index (χ4n) is 4.14. The summed E-state index contributed by atoms with van der Waals surface area (Å²) in [4.78, 5) is 25.2. The first-order chi connectivity index (χ1) is 9.73. The molecule has 3 rings (SSSR count). The molecule has 0 spiro atoms. The second-order valence-corrected chi connectivity index (χ2v) is 7.10. The molecule has 2 bridgehead atoms. The second kappa shape index (κ2) is 4.15. The third-order valence-corrected chi connectivity index (χ3v) is 6.24. The van der Waals surface area contributed by atoms with Crippen molar-refractivity contribution < 1.29 is 14.0 Å². The molecular weight excluding hydrogens is 269 g/mol. The van der Waals surface area contributed by atoms with Gasteiger partial charge >= 0.3 is 0 Å². The highest BCUT2D eigenvalue weighted by atomic mass is 19.1. The highest BCUT2D eigenvalue weighted by Crippen LogP contribution is 2.70. The Balaban J connectivity index is 1.91. The number of hydrogen-bond acceptors (Lipinski definition) is 2. The summed E-state index contributed by atoms with van der Waals surface area (Å²) >= 11 is 0. The van der Waals surface area contributed by atoms with E-state index >= 15 is 0 Å². The summed E-state index contributed by atoms with van der Waals surface area (Å²) in [5, 5.41) is 2.87.